The number of rotatable bonds is 4. The standard InChI is InChI=1S/C18H25FN2O2/c1-4-18(2,3)20-16(22)13-9-11-21(12-10-13)17(23)14-5-7-15(19)8-6-14/h5-8,13H,4,9-12H2,1-3H3,(H,20,22). The number of piperidine rings is 1. The van der Waals surface area contributed by atoms with Gasteiger partial charge in [-0.15, -0.1) is 0 Å². The number of amides is 2. The molecule has 23 heavy (non-hydrogen) atoms. The van der Waals surface area contributed by atoms with E-state index in [0.717, 1.165) is 6.42 Å². The van der Waals surface area contributed by atoms with Crippen LogP contribution in [0.2, 0.25) is 0 Å². The molecule has 5 heteroatoms. The van der Waals surface area contributed by atoms with E-state index in [4.69, 9.17) is 0 Å². The van der Waals surface area contributed by atoms with E-state index in [1.54, 1.807) is 4.90 Å². The highest BCUT2D eigenvalue weighted by molar-refractivity contribution is 5.94. The fourth-order valence-electron chi connectivity index (χ4n) is 2.64. The Morgan fingerprint density at radius 3 is 2.30 bits per heavy atom. The molecular formula is C18H25FN2O2. The minimum atomic E-state index is -0.351. The van der Waals surface area contributed by atoms with Crippen molar-refractivity contribution >= 4 is 11.8 Å². The van der Waals surface area contributed by atoms with Crippen LogP contribution in [0.1, 0.15) is 50.4 Å². The summed E-state index contributed by atoms with van der Waals surface area (Å²) in [7, 11) is 0. The van der Waals surface area contributed by atoms with Crippen LogP contribution >= 0.6 is 0 Å². The highest BCUT2D eigenvalue weighted by atomic mass is 19.1. The maximum Gasteiger partial charge on any atom is 0.253 e. The van der Waals surface area contributed by atoms with Gasteiger partial charge in [0, 0.05) is 30.1 Å². The average molecular weight is 320 g/mol. The Hall–Kier alpha value is -1.91. The molecule has 1 aliphatic heterocycles. The third-order valence-corrected chi connectivity index (χ3v) is 4.59. The normalized spacial score (nSPS) is 16.3. The first-order chi connectivity index (χ1) is 10.8. The van der Waals surface area contributed by atoms with E-state index in [0.29, 0.717) is 31.5 Å². The second-order valence-corrected chi connectivity index (χ2v) is 6.80. The maximum atomic E-state index is 12.9. The number of hydrogen-bond donors (Lipinski definition) is 1. The van der Waals surface area contributed by atoms with Gasteiger partial charge in [-0.3, -0.25) is 9.59 Å². The molecule has 126 valence electrons. The molecule has 0 bridgehead atoms. The molecule has 1 fully saturated rings. The van der Waals surface area contributed by atoms with Crippen molar-refractivity contribution in [2.75, 3.05) is 13.1 Å². The van der Waals surface area contributed by atoms with Crippen LogP contribution in [0.15, 0.2) is 24.3 Å². The first-order valence-corrected chi connectivity index (χ1v) is 8.19. The molecule has 0 unspecified atom stereocenters. The van der Waals surface area contributed by atoms with Crippen LogP contribution in [0.3, 0.4) is 0 Å². The Balaban J connectivity index is 1.89. The molecule has 1 heterocycles. The largest absolute Gasteiger partial charge is 0.351 e. The second-order valence-electron chi connectivity index (χ2n) is 6.80. The molecular weight excluding hydrogens is 295 g/mol. The van der Waals surface area contributed by atoms with E-state index < -0.39 is 0 Å². The monoisotopic (exact) mass is 320 g/mol. The van der Waals surface area contributed by atoms with Gasteiger partial charge in [-0.05, 0) is 57.4 Å². The van der Waals surface area contributed by atoms with E-state index >= 15 is 0 Å². The SMILES string of the molecule is CCC(C)(C)NC(=O)C1CCN(C(=O)c2ccc(F)cc2)CC1. The summed E-state index contributed by atoms with van der Waals surface area (Å²) in [6.45, 7) is 7.18. The van der Waals surface area contributed by atoms with Gasteiger partial charge in [-0.2, -0.15) is 0 Å². The zero-order valence-corrected chi connectivity index (χ0v) is 14.1. The average Bonchev–Trinajstić information content (AvgIpc) is 2.54. The van der Waals surface area contributed by atoms with Crippen molar-refractivity contribution in [3.63, 3.8) is 0 Å². The Bertz CT molecular complexity index is 561. The smallest absolute Gasteiger partial charge is 0.253 e. The molecule has 0 aliphatic carbocycles. The lowest BCUT2D eigenvalue weighted by molar-refractivity contribution is -0.128. The molecule has 1 aromatic carbocycles. The summed E-state index contributed by atoms with van der Waals surface area (Å²) in [4.78, 5) is 26.4. The van der Waals surface area contributed by atoms with Crippen LogP contribution in [0, 0.1) is 11.7 Å². The van der Waals surface area contributed by atoms with Gasteiger partial charge in [0.2, 0.25) is 5.91 Å². The van der Waals surface area contributed by atoms with Crippen LogP contribution in [0.4, 0.5) is 4.39 Å². The topological polar surface area (TPSA) is 49.4 Å². The van der Waals surface area contributed by atoms with Crippen molar-refractivity contribution in [3.8, 4) is 0 Å². The van der Waals surface area contributed by atoms with Crippen LogP contribution < -0.4 is 5.32 Å². The van der Waals surface area contributed by atoms with Crippen molar-refractivity contribution in [1.29, 1.82) is 0 Å². The van der Waals surface area contributed by atoms with E-state index in [1.807, 2.05) is 20.8 Å². The Morgan fingerprint density at radius 1 is 1.22 bits per heavy atom. The van der Waals surface area contributed by atoms with E-state index in [9.17, 15) is 14.0 Å². The summed E-state index contributed by atoms with van der Waals surface area (Å²) < 4.78 is 12.9. The Kier molecular flexibility index (Phi) is 5.39. The number of benzene rings is 1. The zero-order valence-electron chi connectivity index (χ0n) is 14.1. The minimum absolute atomic E-state index is 0.0434. The maximum absolute atomic E-state index is 12.9. The third-order valence-electron chi connectivity index (χ3n) is 4.59. The number of nitrogens with zero attached hydrogens (tertiary/aromatic N) is 1. The highest BCUT2D eigenvalue weighted by Crippen LogP contribution is 2.21. The van der Waals surface area contributed by atoms with Crippen LogP contribution in [-0.2, 0) is 4.79 Å². The number of carbonyl (C=O) groups is 2. The van der Waals surface area contributed by atoms with Gasteiger partial charge in [0.1, 0.15) is 5.82 Å². The molecule has 0 atom stereocenters. The van der Waals surface area contributed by atoms with Crippen molar-refractivity contribution in [1.82, 2.24) is 10.2 Å². The van der Waals surface area contributed by atoms with Gasteiger partial charge >= 0.3 is 0 Å². The number of carbonyl (C=O) groups excluding carboxylic acids is 2. The fourth-order valence-corrected chi connectivity index (χ4v) is 2.64. The highest BCUT2D eigenvalue weighted by Gasteiger charge is 2.30. The molecule has 1 aromatic rings. The summed E-state index contributed by atoms with van der Waals surface area (Å²) in [5.74, 6) is -0.419. The first-order valence-electron chi connectivity index (χ1n) is 8.19. The molecule has 0 saturated carbocycles. The van der Waals surface area contributed by atoms with Crippen LogP contribution in [-0.4, -0.2) is 35.3 Å². The third kappa shape index (κ3) is 4.53. The quantitative estimate of drug-likeness (QED) is 0.927. The van der Waals surface area contributed by atoms with Crippen molar-refractivity contribution in [2.24, 2.45) is 5.92 Å². The molecule has 4 nitrogen and oxygen atoms in total. The van der Waals surface area contributed by atoms with Gasteiger partial charge in [0.05, 0.1) is 0 Å². The second kappa shape index (κ2) is 7.11. The van der Waals surface area contributed by atoms with Gasteiger partial charge in [0.15, 0.2) is 0 Å². The van der Waals surface area contributed by atoms with E-state index in [1.165, 1.54) is 24.3 Å². The number of hydrogen-bond acceptors (Lipinski definition) is 2. The lowest BCUT2D eigenvalue weighted by Crippen LogP contribution is -2.48. The number of halogens is 1. The summed E-state index contributed by atoms with van der Waals surface area (Å²) in [5.41, 5.74) is 0.291. The molecule has 0 aromatic heterocycles. The predicted molar refractivity (Wildman–Crippen MR) is 87.5 cm³/mol. The van der Waals surface area contributed by atoms with Gasteiger partial charge in [-0.1, -0.05) is 6.92 Å². The van der Waals surface area contributed by atoms with Gasteiger partial charge in [0.25, 0.3) is 5.91 Å². The molecule has 1 aliphatic rings. The zero-order chi connectivity index (χ0) is 17.0. The number of likely N-dealkylation sites (tertiary alicyclic amines) is 1. The summed E-state index contributed by atoms with van der Waals surface area (Å²) in [6, 6.07) is 5.58. The predicted octanol–water partition coefficient (Wildman–Crippen LogP) is 2.98. The molecule has 2 amide bonds. The van der Waals surface area contributed by atoms with Crippen LogP contribution in [0.25, 0.3) is 0 Å². The molecule has 0 radical (unpaired) electrons. The lowest BCUT2D eigenvalue weighted by Gasteiger charge is -2.33. The molecule has 0 spiro atoms. The molecule has 1 saturated heterocycles. The first kappa shape index (κ1) is 17.4. The fraction of sp³-hybridized carbons (Fsp3) is 0.556. The summed E-state index contributed by atoms with van der Waals surface area (Å²) in [6.07, 6.45) is 2.21. The Labute approximate surface area is 137 Å². The summed E-state index contributed by atoms with van der Waals surface area (Å²) >= 11 is 0. The van der Waals surface area contributed by atoms with Gasteiger partial charge < -0.3 is 10.2 Å². The minimum Gasteiger partial charge on any atom is -0.351 e. The van der Waals surface area contributed by atoms with Gasteiger partial charge in [-0.25, -0.2) is 4.39 Å². The van der Waals surface area contributed by atoms with Crippen LogP contribution in [0.5, 0.6) is 0 Å². The molecule has 2 rings (SSSR count). The van der Waals surface area contributed by atoms with Crippen molar-refractivity contribution in [2.45, 2.75) is 45.6 Å². The number of nitrogens with one attached hydrogen (secondary N) is 1. The lowest BCUT2D eigenvalue weighted by atomic mass is 9.93. The van der Waals surface area contributed by atoms with Crippen molar-refractivity contribution in [3.05, 3.63) is 35.6 Å². The van der Waals surface area contributed by atoms with E-state index in [2.05, 4.69) is 5.32 Å². The summed E-state index contributed by atoms with van der Waals surface area (Å²) in [5, 5.41) is 3.07. The Morgan fingerprint density at radius 2 is 1.78 bits per heavy atom. The van der Waals surface area contributed by atoms with Crippen molar-refractivity contribution < 1.29 is 14.0 Å². The van der Waals surface area contributed by atoms with E-state index in [-0.39, 0.29) is 29.1 Å². The molecule has 1 N–H and O–H groups in total.